The zero-order chi connectivity index (χ0) is 10.7. The molecule has 1 aromatic rings. The number of methoxy groups -OCH3 is 1. The van der Waals surface area contributed by atoms with Gasteiger partial charge in [0.2, 0.25) is 0 Å². The fraction of sp³-hybridized carbons (Fsp3) is 0.100. The van der Waals surface area contributed by atoms with Crippen LogP contribution in [0.5, 0.6) is 0 Å². The topological polar surface area (TPSA) is 26.3 Å². The van der Waals surface area contributed by atoms with Crippen LogP contribution in [0.3, 0.4) is 0 Å². The number of halogens is 2. The van der Waals surface area contributed by atoms with Gasteiger partial charge in [0.25, 0.3) is 0 Å². The van der Waals surface area contributed by atoms with E-state index in [0.29, 0.717) is 0 Å². The molecule has 0 bridgehead atoms. The number of rotatable bonds is 2. The predicted molar refractivity (Wildman–Crippen MR) is 47.4 cm³/mol. The zero-order valence-corrected chi connectivity index (χ0v) is 7.51. The van der Waals surface area contributed by atoms with Gasteiger partial charge >= 0.3 is 5.97 Å². The molecule has 0 amide bonds. The summed E-state index contributed by atoms with van der Waals surface area (Å²) in [7, 11) is 1.14. The van der Waals surface area contributed by atoms with Crippen molar-refractivity contribution in [2.24, 2.45) is 0 Å². The molecule has 0 saturated heterocycles. The fourth-order valence-electron chi connectivity index (χ4n) is 0.962. The van der Waals surface area contributed by atoms with Crippen LogP contribution in [-0.2, 0) is 9.53 Å². The number of benzene rings is 1. The maximum absolute atomic E-state index is 13.1. The van der Waals surface area contributed by atoms with Gasteiger partial charge in [-0.1, -0.05) is 6.58 Å². The number of esters is 1. The smallest absolute Gasteiger partial charge is 0.337 e. The van der Waals surface area contributed by atoms with E-state index < -0.39 is 17.6 Å². The van der Waals surface area contributed by atoms with E-state index >= 15 is 0 Å². The molecule has 0 aliphatic heterocycles. The van der Waals surface area contributed by atoms with E-state index in [2.05, 4.69) is 11.3 Å². The van der Waals surface area contributed by atoms with Gasteiger partial charge in [-0.05, 0) is 18.2 Å². The first-order valence-corrected chi connectivity index (χ1v) is 3.79. The van der Waals surface area contributed by atoms with E-state index in [0.717, 1.165) is 25.3 Å². The Bertz CT molecular complexity index is 386. The molecule has 74 valence electrons. The number of ether oxygens (including phenoxy) is 1. The van der Waals surface area contributed by atoms with Crippen molar-refractivity contribution in [2.45, 2.75) is 0 Å². The van der Waals surface area contributed by atoms with Gasteiger partial charge in [-0.15, -0.1) is 0 Å². The van der Waals surface area contributed by atoms with Crippen LogP contribution < -0.4 is 0 Å². The molecule has 0 aromatic heterocycles. The predicted octanol–water partition coefficient (Wildman–Crippen LogP) is 2.15. The zero-order valence-electron chi connectivity index (χ0n) is 7.51. The third kappa shape index (κ3) is 1.96. The molecule has 0 spiro atoms. The Labute approximate surface area is 79.8 Å². The van der Waals surface area contributed by atoms with Crippen molar-refractivity contribution in [1.29, 1.82) is 0 Å². The van der Waals surface area contributed by atoms with Gasteiger partial charge in [-0.25, -0.2) is 13.6 Å². The van der Waals surface area contributed by atoms with Gasteiger partial charge in [0.1, 0.15) is 11.6 Å². The summed E-state index contributed by atoms with van der Waals surface area (Å²) in [5.74, 6) is -2.12. The maximum Gasteiger partial charge on any atom is 0.337 e. The van der Waals surface area contributed by atoms with Crippen LogP contribution in [0.15, 0.2) is 24.8 Å². The second-order valence-electron chi connectivity index (χ2n) is 2.59. The first kappa shape index (κ1) is 10.4. The van der Waals surface area contributed by atoms with Gasteiger partial charge in [-0.2, -0.15) is 0 Å². The first-order chi connectivity index (χ1) is 6.56. The van der Waals surface area contributed by atoms with Crippen LogP contribution >= 0.6 is 0 Å². The van der Waals surface area contributed by atoms with E-state index in [4.69, 9.17) is 0 Å². The summed E-state index contributed by atoms with van der Waals surface area (Å²) in [6.07, 6.45) is 0. The highest BCUT2D eigenvalue weighted by molar-refractivity contribution is 6.15. The monoisotopic (exact) mass is 198 g/mol. The summed E-state index contributed by atoms with van der Waals surface area (Å²) < 4.78 is 30.1. The summed E-state index contributed by atoms with van der Waals surface area (Å²) in [6.45, 7) is 3.32. The van der Waals surface area contributed by atoms with Crippen molar-refractivity contribution >= 4 is 11.5 Å². The molecule has 0 heterocycles. The summed E-state index contributed by atoms with van der Waals surface area (Å²) in [6, 6.07) is 2.79. The molecule has 1 rings (SSSR count). The number of hydrogen-bond acceptors (Lipinski definition) is 2. The van der Waals surface area contributed by atoms with Crippen molar-refractivity contribution in [3.8, 4) is 0 Å². The highest BCUT2D eigenvalue weighted by atomic mass is 19.1. The lowest BCUT2D eigenvalue weighted by Crippen LogP contribution is -2.04. The average molecular weight is 198 g/mol. The van der Waals surface area contributed by atoms with Crippen LogP contribution in [0.1, 0.15) is 5.56 Å². The second-order valence-corrected chi connectivity index (χ2v) is 2.59. The Morgan fingerprint density at radius 1 is 1.43 bits per heavy atom. The summed E-state index contributed by atoms with van der Waals surface area (Å²) in [4.78, 5) is 11.0. The van der Waals surface area contributed by atoms with Crippen molar-refractivity contribution in [1.82, 2.24) is 0 Å². The minimum absolute atomic E-state index is 0.183. The molecule has 2 nitrogen and oxygen atoms in total. The Morgan fingerprint density at radius 3 is 2.64 bits per heavy atom. The largest absolute Gasteiger partial charge is 0.465 e. The van der Waals surface area contributed by atoms with E-state index in [-0.39, 0.29) is 11.1 Å². The summed E-state index contributed by atoms with van der Waals surface area (Å²) in [5, 5.41) is 0. The Kier molecular flexibility index (Phi) is 2.96. The molecular weight excluding hydrogens is 190 g/mol. The van der Waals surface area contributed by atoms with Crippen molar-refractivity contribution in [2.75, 3.05) is 7.11 Å². The third-order valence-corrected chi connectivity index (χ3v) is 1.69. The van der Waals surface area contributed by atoms with Gasteiger partial charge < -0.3 is 4.74 Å². The molecule has 0 unspecified atom stereocenters. The standard InChI is InChI=1S/C10H8F2O2/c1-6(10(13)14-2)8-5-7(11)3-4-9(8)12/h3-5H,1H2,2H3. The van der Waals surface area contributed by atoms with Crippen molar-refractivity contribution in [3.63, 3.8) is 0 Å². The van der Waals surface area contributed by atoms with Gasteiger partial charge in [0.15, 0.2) is 0 Å². The molecule has 0 N–H and O–H groups in total. The molecule has 0 saturated carbocycles. The van der Waals surface area contributed by atoms with E-state index in [1.807, 2.05) is 0 Å². The van der Waals surface area contributed by atoms with E-state index in [1.165, 1.54) is 0 Å². The molecule has 0 atom stereocenters. The quantitative estimate of drug-likeness (QED) is 0.537. The number of hydrogen-bond donors (Lipinski definition) is 0. The molecule has 0 aliphatic carbocycles. The molecule has 0 fully saturated rings. The number of carbonyl (C=O) groups excluding carboxylic acids is 1. The van der Waals surface area contributed by atoms with Crippen molar-refractivity contribution < 1.29 is 18.3 Å². The molecular formula is C10H8F2O2. The maximum atomic E-state index is 13.1. The molecule has 4 heteroatoms. The minimum atomic E-state index is -0.783. The Balaban J connectivity index is 3.12. The highest BCUT2D eigenvalue weighted by Gasteiger charge is 2.14. The third-order valence-electron chi connectivity index (χ3n) is 1.69. The molecule has 0 radical (unpaired) electrons. The Hall–Kier alpha value is -1.71. The lowest BCUT2D eigenvalue weighted by Gasteiger charge is -2.04. The normalized spacial score (nSPS) is 9.64. The molecule has 1 aromatic carbocycles. The van der Waals surface area contributed by atoms with Gasteiger partial charge in [0, 0.05) is 5.56 Å². The van der Waals surface area contributed by atoms with Crippen molar-refractivity contribution in [3.05, 3.63) is 42.0 Å². The fourth-order valence-corrected chi connectivity index (χ4v) is 0.962. The summed E-state index contributed by atoms with van der Waals surface area (Å²) in [5.41, 5.74) is -0.388. The molecule has 14 heavy (non-hydrogen) atoms. The SMILES string of the molecule is C=C(C(=O)OC)c1cc(F)ccc1F. The lowest BCUT2D eigenvalue weighted by atomic mass is 10.1. The van der Waals surface area contributed by atoms with Gasteiger partial charge in [0.05, 0.1) is 12.7 Å². The molecule has 0 aliphatic rings. The van der Waals surface area contributed by atoms with Crippen LogP contribution in [0.4, 0.5) is 8.78 Å². The highest BCUT2D eigenvalue weighted by Crippen LogP contribution is 2.18. The van der Waals surface area contributed by atoms with Crippen LogP contribution in [0.25, 0.3) is 5.57 Å². The first-order valence-electron chi connectivity index (χ1n) is 3.79. The second kappa shape index (κ2) is 4.00. The Morgan fingerprint density at radius 2 is 2.07 bits per heavy atom. The van der Waals surface area contributed by atoms with Gasteiger partial charge in [-0.3, -0.25) is 0 Å². The minimum Gasteiger partial charge on any atom is -0.465 e. The van der Waals surface area contributed by atoms with Crippen LogP contribution in [0, 0.1) is 11.6 Å². The number of carbonyl (C=O) groups is 1. The van der Waals surface area contributed by atoms with E-state index in [1.54, 1.807) is 0 Å². The lowest BCUT2D eigenvalue weighted by molar-refractivity contribution is -0.133. The average Bonchev–Trinajstić information content (AvgIpc) is 2.19. The van der Waals surface area contributed by atoms with Crippen LogP contribution in [0.2, 0.25) is 0 Å². The van der Waals surface area contributed by atoms with Crippen LogP contribution in [-0.4, -0.2) is 13.1 Å². The van der Waals surface area contributed by atoms with E-state index in [9.17, 15) is 13.6 Å². The summed E-state index contributed by atoms with van der Waals surface area (Å²) >= 11 is 0.